The minimum atomic E-state index is -0.526. The first-order valence-electron chi connectivity index (χ1n) is 4.88. The zero-order chi connectivity index (χ0) is 12.3. The first kappa shape index (κ1) is 11.7. The molecule has 2 nitrogen and oxygen atoms in total. The molecule has 0 bridgehead atoms. The van der Waals surface area contributed by atoms with Gasteiger partial charge in [-0.2, -0.15) is 0 Å². The molecule has 0 spiro atoms. The maximum atomic E-state index is 12.8. The Hall–Kier alpha value is -1.74. The lowest BCUT2D eigenvalue weighted by Gasteiger charge is -2.10. The standard InChI is InChI=1S/C13H9ClFO2/c1-16-12-4-2-3-5-13(12)17-11-7-6-9(15)8-10(11)14/h2-5,7-8H,1H3. The van der Waals surface area contributed by atoms with Gasteiger partial charge in [0.1, 0.15) is 11.6 Å². The van der Waals surface area contributed by atoms with Crippen molar-refractivity contribution in [3.05, 3.63) is 53.3 Å². The average Bonchev–Trinajstić information content (AvgIpc) is 2.33. The lowest BCUT2D eigenvalue weighted by atomic mass is 10.3. The molecular weight excluding hydrogens is 243 g/mol. The number of hydrogen-bond acceptors (Lipinski definition) is 2. The van der Waals surface area contributed by atoms with E-state index in [1.54, 1.807) is 25.3 Å². The highest BCUT2D eigenvalue weighted by atomic mass is 35.5. The monoisotopic (exact) mass is 251 g/mol. The van der Waals surface area contributed by atoms with E-state index < -0.39 is 5.82 Å². The number of hydrogen-bond donors (Lipinski definition) is 0. The molecule has 87 valence electrons. The average molecular weight is 252 g/mol. The van der Waals surface area contributed by atoms with Crippen molar-refractivity contribution in [2.24, 2.45) is 0 Å². The summed E-state index contributed by atoms with van der Waals surface area (Å²) < 4.78 is 23.5. The quantitative estimate of drug-likeness (QED) is 0.818. The van der Waals surface area contributed by atoms with Crippen LogP contribution in [0.5, 0.6) is 17.2 Å². The summed E-state index contributed by atoms with van der Waals surface area (Å²) in [4.78, 5) is 0. The molecule has 0 unspecified atom stereocenters. The van der Waals surface area contributed by atoms with E-state index in [1.807, 2.05) is 6.07 Å². The normalized spacial score (nSPS) is 10.1. The SMILES string of the molecule is COc1ccccc1Oc1c[c]c(F)cc1Cl. The summed E-state index contributed by atoms with van der Waals surface area (Å²) in [6, 6.07) is 12.0. The van der Waals surface area contributed by atoms with Crippen LogP contribution in [-0.2, 0) is 0 Å². The Labute approximate surface area is 104 Å². The van der Waals surface area contributed by atoms with Crippen molar-refractivity contribution in [3.8, 4) is 17.2 Å². The van der Waals surface area contributed by atoms with Gasteiger partial charge in [-0.1, -0.05) is 23.7 Å². The van der Waals surface area contributed by atoms with E-state index in [4.69, 9.17) is 21.1 Å². The van der Waals surface area contributed by atoms with Crippen LogP contribution in [0, 0.1) is 11.9 Å². The third-order valence-corrected chi connectivity index (χ3v) is 2.41. The molecule has 0 amide bonds. The predicted octanol–water partition coefficient (Wildman–Crippen LogP) is 4.08. The Morgan fingerprint density at radius 3 is 2.53 bits per heavy atom. The van der Waals surface area contributed by atoms with E-state index in [2.05, 4.69) is 6.07 Å². The van der Waals surface area contributed by atoms with Gasteiger partial charge in [0.25, 0.3) is 0 Å². The Morgan fingerprint density at radius 2 is 1.88 bits per heavy atom. The van der Waals surface area contributed by atoms with Gasteiger partial charge in [0, 0.05) is 6.07 Å². The summed E-state index contributed by atoms with van der Waals surface area (Å²) in [6.45, 7) is 0. The zero-order valence-electron chi connectivity index (χ0n) is 9.04. The van der Waals surface area contributed by atoms with E-state index in [9.17, 15) is 4.39 Å². The molecule has 2 aromatic carbocycles. The Balaban J connectivity index is 2.31. The lowest BCUT2D eigenvalue weighted by molar-refractivity contribution is 0.378. The van der Waals surface area contributed by atoms with Gasteiger partial charge in [-0.15, -0.1) is 0 Å². The fraction of sp³-hybridized carbons (Fsp3) is 0.0769. The second kappa shape index (κ2) is 5.06. The van der Waals surface area contributed by atoms with Crippen LogP contribution in [0.2, 0.25) is 5.02 Å². The van der Waals surface area contributed by atoms with Crippen LogP contribution >= 0.6 is 11.6 Å². The van der Waals surface area contributed by atoms with Crippen molar-refractivity contribution in [2.75, 3.05) is 7.11 Å². The first-order valence-corrected chi connectivity index (χ1v) is 5.26. The number of benzene rings is 2. The second-order valence-electron chi connectivity index (χ2n) is 3.25. The summed E-state index contributed by atoms with van der Waals surface area (Å²) in [5.74, 6) is 0.893. The molecule has 0 atom stereocenters. The maximum absolute atomic E-state index is 12.8. The minimum Gasteiger partial charge on any atom is -0.493 e. The predicted molar refractivity (Wildman–Crippen MR) is 63.3 cm³/mol. The van der Waals surface area contributed by atoms with Crippen molar-refractivity contribution < 1.29 is 13.9 Å². The molecule has 0 aliphatic carbocycles. The lowest BCUT2D eigenvalue weighted by Crippen LogP contribution is -1.90. The molecule has 2 rings (SSSR count). The number of para-hydroxylation sites is 2. The second-order valence-corrected chi connectivity index (χ2v) is 3.65. The van der Waals surface area contributed by atoms with Crippen LogP contribution < -0.4 is 9.47 Å². The van der Waals surface area contributed by atoms with Crippen LogP contribution in [0.15, 0.2) is 36.4 Å². The summed E-state index contributed by atoms with van der Waals surface area (Å²) >= 11 is 5.85. The Bertz CT molecular complexity index is 529. The van der Waals surface area contributed by atoms with Crippen LogP contribution in [-0.4, -0.2) is 7.11 Å². The van der Waals surface area contributed by atoms with Gasteiger partial charge in [-0.25, -0.2) is 4.39 Å². The molecule has 1 radical (unpaired) electrons. The molecule has 2 aromatic rings. The van der Waals surface area contributed by atoms with Gasteiger partial charge in [0.2, 0.25) is 0 Å². The van der Waals surface area contributed by atoms with Crippen molar-refractivity contribution >= 4 is 11.6 Å². The fourth-order valence-corrected chi connectivity index (χ4v) is 1.52. The molecule has 0 heterocycles. The molecule has 0 fully saturated rings. The number of rotatable bonds is 3. The molecule has 0 aromatic heterocycles. The molecule has 4 heteroatoms. The Morgan fingerprint density at radius 1 is 1.18 bits per heavy atom. The maximum Gasteiger partial charge on any atom is 0.169 e. The summed E-state index contributed by atoms with van der Waals surface area (Å²) in [7, 11) is 1.54. The highest BCUT2D eigenvalue weighted by molar-refractivity contribution is 6.32. The van der Waals surface area contributed by atoms with Gasteiger partial charge < -0.3 is 9.47 Å². The molecule has 0 N–H and O–H groups in total. The smallest absolute Gasteiger partial charge is 0.169 e. The van der Waals surface area contributed by atoms with Crippen molar-refractivity contribution in [3.63, 3.8) is 0 Å². The van der Waals surface area contributed by atoms with E-state index in [0.29, 0.717) is 17.2 Å². The fourth-order valence-electron chi connectivity index (χ4n) is 1.33. The van der Waals surface area contributed by atoms with Gasteiger partial charge >= 0.3 is 0 Å². The molecule has 0 saturated carbocycles. The largest absolute Gasteiger partial charge is 0.493 e. The highest BCUT2D eigenvalue weighted by Gasteiger charge is 2.08. The van der Waals surface area contributed by atoms with Gasteiger partial charge in [-0.05, 0) is 24.3 Å². The molecular formula is C13H9ClFO2. The summed E-state index contributed by atoms with van der Waals surface area (Å²) in [5, 5.41) is 0.187. The first-order chi connectivity index (χ1) is 8.20. The van der Waals surface area contributed by atoms with E-state index in [0.717, 1.165) is 6.07 Å². The van der Waals surface area contributed by atoms with Gasteiger partial charge in [-0.3, -0.25) is 0 Å². The minimum absolute atomic E-state index is 0.187. The van der Waals surface area contributed by atoms with E-state index >= 15 is 0 Å². The summed E-state index contributed by atoms with van der Waals surface area (Å²) in [6.07, 6.45) is 0. The molecule has 0 aliphatic rings. The van der Waals surface area contributed by atoms with E-state index in [-0.39, 0.29) is 5.02 Å². The Kier molecular flexibility index (Phi) is 3.49. The molecule has 17 heavy (non-hydrogen) atoms. The van der Waals surface area contributed by atoms with Crippen LogP contribution in [0.25, 0.3) is 0 Å². The van der Waals surface area contributed by atoms with Crippen molar-refractivity contribution in [1.82, 2.24) is 0 Å². The number of ether oxygens (including phenoxy) is 2. The van der Waals surface area contributed by atoms with Crippen LogP contribution in [0.1, 0.15) is 0 Å². The van der Waals surface area contributed by atoms with E-state index in [1.165, 1.54) is 6.07 Å². The van der Waals surface area contributed by atoms with Crippen LogP contribution in [0.4, 0.5) is 4.39 Å². The number of methoxy groups -OCH3 is 1. The topological polar surface area (TPSA) is 18.5 Å². The molecule has 0 saturated heterocycles. The molecule has 0 aliphatic heterocycles. The van der Waals surface area contributed by atoms with Gasteiger partial charge in [0.15, 0.2) is 11.5 Å². The highest BCUT2D eigenvalue weighted by Crippen LogP contribution is 2.34. The summed E-state index contributed by atoms with van der Waals surface area (Å²) in [5.41, 5.74) is 0. The number of halogens is 2. The van der Waals surface area contributed by atoms with Crippen molar-refractivity contribution in [2.45, 2.75) is 0 Å². The van der Waals surface area contributed by atoms with Crippen molar-refractivity contribution in [1.29, 1.82) is 0 Å². The van der Waals surface area contributed by atoms with Crippen LogP contribution in [0.3, 0.4) is 0 Å². The third-order valence-electron chi connectivity index (χ3n) is 2.12. The van der Waals surface area contributed by atoms with Gasteiger partial charge in [0.05, 0.1) is 12.1 Å². The zero-order valence-corrected chi connectivity index (χ0v) is 9.79. The third kappa shape index (κ3) is 2.68.